The summed E-state index contributed by atoms with van der Waals surface area (Å²) >= 11 is 0. The van der Waals surface area contributed by atoms with E-state index in [9.17, 15) is 0 Å². The van der Waals surface area contributed by atoms with Gasteiger partial charge >= 0.3 is 0 Å². The van der Waals surface area contributed by atoms with Gasteiger partial charge in [0.05, 0.1) is 50.7 Å². The Morgan fingerprint density at radius 3 is 1.04 bits per heavy atom. The number of ether oxygens (including phenoxy) is 5. The predicted octanol–water partition coefficient (Wildman–Crippen LogP) is 16.7. The SMILES string of the molecule is Fc1cccc(F)c1N1c2cc3c(cc2B2c4ccccc4Oc4cc(-n5c(-c6ccccc6)cc6ccccc65)cc1c42)B1c2cc4c(cc2Oc2cc(-n5c(-c6ccccc6)cc6ccccc65)cc(c21)O3)Oc1cc(-n2c(-c3ccccc3)cc3ccccc32)cc2c1B4c1ccccc1O2. The van der Waals surface area contributed by atoms with E-state index in [1.54, 1.807) is 4.90 Å². The van der Waals surface area contributed by atoms with Crippen LogP contribution in [-0.4, -0.2) is 33.8 Å². The monoisotopic (exact) mass is 1340 g/mol. The van der Waals surface area contributed by atoms with Crippen LogP contribution in [0, 0.1) is 11.6 Å². The summed E-state index contributed by atoms with van der Waals surface area (Å²) in [4.78, 5) is 1.76. The third-order valence-electron chi connectivity index (χ3n) is 22.0. The molecule has 0 aliphatic carbocycles. The minimum absolute atomic E-state index is 0.232. The van der Waals surface area contributed by atoms with Gasteiger partial charge in [0.1, 0.15) is 74.8 Å². The van der Waals surface area contributed by atoms with E-state index >= 15 is 8.78 Å². The number of anilines is 3. The average molecular weight is 1340 g/mol. The molecule has 0 bridgehead atoms. The molecule has 0 atom stereocenters. The summed E-state index contributed by atoms with van der Waals surface area (Å²) in [6, 6.07) is 105. The molecule has 14 heteroatoms. The summed E-state index contributed by atoms with van der Waals surface area (Å²) < 4.78 is 78.8. The number of fused-ring (bicyclic) bond motifs is 15. The number of hydrogen-bond donors (Lipinski definition) is 0. The summed E-state index contributed by atoms with van der Waals surface area (Å²) in [5.41, 5.74) is 20.4. The fourth-order valence-electron chi connectivity index (χ4n) is 17.7. The Bertz CT molecular complexity index is 6590. The number of hydrogen-bond acceptors (Lipinski definition) is 6. The summed E-state index contributed by atoms with van der Waals surface area (Å²) in [6.07, 6.45) is 0. The number of aromatic nitrogens is 3. The standard InChI is InChI=1S/C90H51B3F2N4O5/c94-67-32-20-33-68(95)90(67)99-75-50-79-64(48-63(75)91-61-30-13-18-37-77(61)100-82-43-58(42-76(99)87(82)91)96-69-34-15-10-27-55(69)39-72(96)52-21-4-1-5-22-52)93-66-49-65-80(51-81(66)104-86-47-60(46-85(102-79)89(86)93)98-71-36-17-12-29-57(71)41-74(98)54-25-8-3-9-26-54)103-84-45-59(44-83-88(84)92(65)62-31-14-19-38-78(62)101-83)97-70-35-16-11-28-56(70)40-73(97)53-23-6-2-7-24-53/h1-51H. The maximum Gasteiger partial charge on any atom is 0.260 e. The molecule has 9 nitrogen and oxygen atoms in total. The van der Waals surface area contributed by atoms with Gasteiger partial charge in [-0.15, -0.1) is 0 Å². The molecule has 23 rings (SSSR count). The number of benzene rings is 14. The van der Waals surface area contributed by atoms with E-state index in [2.05, 4.69) is 232 Å². The van der Waals surface area contributed by atoms with Gasteiger partial charge in [-0.2, -0.15) is 0 Å². The van der Waals surface area contributed by atoms with E-state index in [0.717, 1.165) is 138 Å². The molecule has 0 saturated carbocycles. The molecular formula is C90H51B3F2N4O5. The van der Waals surface area contributed by atoms with E-state index < -0.39 is 25.1 Å². The van der Waals surface area contributed by atoms with Crippen LogP contribution >= 0.6 is 0 Å². The minimum Gasteiger partial charge on any atom is -0.458 e. The lowest BCUT2D eigenvalue weighted by Crippen LogP contribution is -2.64. The van der Waals surface area contributed by atoms with E-state index in [-0.39, 0.29) is 12.4 Å². The lowest BCUT2D eigenvalue weighted by Gasteiger charge is -2.42. The first-order valence-electron chi connectivity index (χ1n) is 35.1. The molecule has 14 aromatic carbocycles. The maximum atomic E-state index is 17.6. The molecule has 9 heterocycles. The topological polar surface area (TPSA) is 64.2 Å². The predicted molar refractivity (Wildman–Crippen MR) is 414 cm³/mol. The van der Waals surface area contributed by atoms with Gasteiger partial charge in [0, 0.05) is 80.9 Å². The van der Waals surface area contributed by atoms with Crippen molar-refractivity contribution in [3.05, 3.63) is 321 Å². The minimum atomic E-state index is -0.732. The zero-order valence-corrected chi connectivity index (χ0v) is 55.3. The second-order valence-corrected chi connectivity index (χ2v) is 27.6. The third kappa shape index (κ3) is 8.21. The molecule has 6 aliphatic rings. The smallest absolute Gasteiger partial charge is 0.260 e. The molecule has 0 saturated heterocycles. The molecule has 0 spiro atoms. The Balaban J connectivity index is 0.772. The Morgan fingerprint density at radius 2 is 0.587 bits per heavy atom. The van der Waals surface area contributed by atoms with Gasteiger partial charge in [0.15, 0.2) is 0 Å². The summed E-state index contributed by atoms with van der Waals surface area (Å²) in [5.74, 6) is 4.87. The number of rotatable bonds is 7. The van der Waals surface area contributed by atoms with Gasteiger partial charge in [-0.1, -0.05) is 200 Å². The van der Waals surface area contributed by atoms with Crippen LogP contribution in [0.1, 0.15) is 0 Å². The molecule has 0 N–H and O–H groups in total. The van der Waals surface area contributed by atoms with Crippen LogP contribution in [0.15, 0.2) is 309 Å². The largest absolute Gasteiger partial charge is 0.458 e. The molecule has 0 unspecified atom stereocenters. The Morgan fingerprint density at radius 1 is 0.240 bits per heavy atom. The lowest BCUT2D eigenvalue weighted by atomic mass is 9.30. The molecule has 484 valence electrons. The van der Waals surface area contributed by atoms with Crippen molar-refractivity contribution in [3.63, 3.8) is 0 Å². The summed E-state index contributed by atoms with van der Waals surface area (Å²) in [6.45, 7) is -1.35. The Hall–Kier alpha value is -13.4. The van der Waals surface area contributed by atoms with Crippen LogP contribution < -0.4 is 77.7 Å². The summed E-state index contributed by atoms with van der Waals surface area (Å²) in [5, 5.41) is 3.20. The highest BCUT2D eigenvalue weighted by molar-refractivity contribution is 7.02. The van der Waals surface area contributed by atoms with Crippen molar-refractivity contribution >= 4 is 119 Å². The van der Waals surface area contributed by atoms with Crippen LogP contribution in [0.5, 0.6) is 57.5 Å². The molecule has 0 fully saturated rings. The van der Waals surface area contributed by atoms with E-state index in [4.69, 9.17) is 23.7 Å². The molecule has 3 aromatic heterocycles. The molecule has 6 aliphatic heterocycles. The molecule has 17 aromatic rings. The second kappa shape index (κ2) is 21.5. The van der Waals surface area contributed by atoms with Gasteiger partial charge in [0.2, 0.25) is 0 Å². The van der Waals surface area contributed by atoms with Gasteiger partial charge in [0.25, 0.3) is 20.1 Å². The molecule has 104 heavy (non-hydrogen) atoms. The van der Waals surface area contributed by atoms with E-state index in [1.807, 2.05) is 72.8 Å². The van der Waals surface area contributed by atoms with Crippen molar-refractivity contribution in [2.24, 2.45) is 0 Å². The fraction of sp³-hybridized carbons (Fsp3) is 0. The van der Waals surface area contributed by atoms with Gasteiger partial charge in [-0.05, 0) is 122 Å². The first-order chi connectivity index (χ1) is 51.4. The number of halogens is 2. The first kappa shape index (κ1) is 57.3. The second-order valence-electron chi connectivity index (χ2n) is 27.6. The van der Waals surface area contributed by atoms with Crippen LogP contribution in [0.25, 0.3) is 83.5 Å². The van der Waals surface area contributed by atoms with E-state index in [1.165, 1.54) is 18.2 Å². The van der Waals surface area contributed by atoms with Crippen molar-refractivity contribution in [1.82, 2.24) is 13.7 Å². The fourth-order valence-corrected chi connectivity index (χ4v) is 17.7. The van der Waals surface area contributed by atoms with Gasteiger partial charge in [-0.25, -0.2) is 8.78 Å². The van der Waals surface area contributed by atoms with Crippen molar-refractivity contribution in [2.45, 2.75) is 0 Å². The maximum absolute atomic E-state index is 17.6. The van der Waals surface area contributed by atoms with Crippen molar-refractivity contribution in [2.75, 3.05) is 4.90 Å². The number of nitrogens with zero attached hydrogens (tertiary/aromatic N) is 4. The molecule has 0 amide bonds. The highest BCUT2D eigenvalue weighted by atomic mass is 19.1. The van der Waals surface area contributed by atoms with Gasteiger partial charge in [-0.3, -0.25) is 0 Å². The van der Waals surface area contributed by atoms with Crippen LogP contribution in [-0.2, 0) is 0 Å². The summed E-state index contributed by atoms with van der Waals surface area (Å²) in [7, 11) is 0. The third-order valence-corrected chi connectivity index (χ3v) is 22.0. The highest BCUT2D eigenvalue weighted by Crippen LogP contribution is 2.49. The molecule has 0 radical (unpaired) electrons. The van der Waals surface area contributed by atoms with Crippen LogP contribution in [0.3, 0.4) is 0 Å². The molecular weight excluding hydrogens is 1290 g/mol. The first-order valence-corrected chi connectivity index (χ1v) is 35.1. The lowest BCUT2D eigenvalue weighted by molar-refractivity contribution is 0.451. The zero-order valence-electron chi connectivity index (χ0n) is 55.3. The zero-order chi connectivity index (χ0) is 68.2. The van der Waals surface area contributed by atoms with Crippen molar-refractivity contribution < 1.29 is 32.5 Å². The van der Waals surface area contributed by atoms with Crippen molar-refractivity contribution in [1.29, 1.82) is 0 Å². The van der Waals surface area contributed by atoms with Gasteiger partial charge < -0.3 is 42.3 Å². The normalized spacial score (nSPS) is 13.4. The van der Waals surface area contributed by atoms with Crippen LogP contribution in [0.2, 0.25) is 0 Å². The Kier molecular flexibility index (Phi) is 11.9. The van der Waals surface area contributed by atoms with Crippen LogP contribution in [0.4, 0.5) is 25.8 Å². The number of para-hydroxylation sites is 6. The average Bonchev–Trinajstić information content (AvgIpc) is 0.893. The Labute approximate surface area is 596 Å². The van der Waals surface area contributed by atoms with Crippen molar-refractivity contribution in [3.8, 4) is 108 Å². The quantitative estimate of drug-likeness (QED) is 0.148. The van der Waals surface area contributed by atoms with E-state index in [0.29, 0.717) is 63.1 Å². The highest BCUT2D eigenvalue weighted by Gasteiger charge is 2.49.